The Kier molecular flexibility index (Phi) is 6.04. The van der Waals surface area contributed by atoms with Crippen molar-refractivity contribution in [3.63, 3.8) is 0 Å². The molecule has 0 aliphatic carbocycles. The van der Waals surface area contributed by atoms with Gasteiger partial charge in [-0.1, -0.05) is 42.5 Å². The number of fused-ring (bicyclic) bond motifs is 1. The topological polar surface area (TPSA) is 87.2 Å². The fraction of sp³-hybridized carbons (Fsp3) is 0.0833. The standard InChI is InChI=1S/C24H20BrN3O3/c1-31-21-13-16(12-18(25)22(21)29)11-17(23-27-19-9-5-6-10-20(19)28-23)24(30)26-14-15-7-3-2-4-8-15/h2-13,29H,14H2,1H3,(H,26,30)(H,27,28)/b17-11+. The average molecular weight is 478 g/mol. The Balaban J connectivity index is 1.74. The number of carbonyl (C=O) groups excluding carboxylic acids is 1. The second-order valence-electron chi connectivity index (χ2n) is 6.88. The van der Waals surface area contributed by atoms with Crippen molar-refractivity contribution in [1.29, 1.82) is 0 Å². The molecule has 0 radical (unpaired) electrons. The van der Waals surface area contributed by atoms with E-state index < -0.39 is 0 Å². The van der Waals surface area contributed by atoms with Crippen molar-refractivity contribution in [3.05, 3.63) is 88.2 Å². The van der Waals surface area contributed by atoms with Crippen molar-refractivity contribution < 1.29 is 14.6 Å². The number of hydrogen-bond donors (Lipinski definition) is 3. The SMILES string of the molecule is COc1cc(/C=C(/C(=O)NCc2ccccc2)c2nc3ccccc3[nH]2)cc(Br)c1O. The van der Waals surface area contributed by atoms with E-state index in [-0.39, 0.29) is 11.7 Å². The first-order chi connectivity index (χ1) is 15.0. The Morgan fingerprint density at radius 2 is 1.90 bits per heavy atom. The van der Waals surface area contributed by atoms with Crippen LogP contribution in [0.5, 0.6) is 11.5 Å². The summed E-state index contributed by atoms with van der Waals surface area (Å²) >= 11 is 3.33. The number of phenolic OH excluding ortho intramolecular Hbond substituents is 1. The van der Waals surface area contributed by atoms with E-state index in [1.54, 1.807) is 18.2 Å². The smallest absolute Gasteiger partial charge is 0.255 e. The number of methoxy groups -OCH3 is 1. The molecule has 6 nitrogen and oxygen atoms in total. The molecule has 0 fully saturated rings. The number of nitrogens with zero attached hydrogens (tertiary/aromatic N) is 1. The first kappa shape index (κ1) is 20.7. The number of nitrogens with one attached hydrogen (secondary N) is 2. The third-order valence-corrected chi connectivity index (χ3v) is 5.37. The number of benzene rings is 3. The molecule has 3 N–H and O–H groups in total. The van der Waals surface area contributed by atoms with Gasteiger partial charge in [0.2, 0.25) is 0 Å². The average Bonchev–Trinajstić information content (AvgIpc) is 3.22. The summed E-state index contributed by atoms with van der Waals surface area (Å²) in [6, 6.07) is 20.7. The van der Waals surface area contributed by atoms with Gasteiger partial charge in [-0.15, -0.1) is 0 Å². The molecule has 1 aromatic heterocycles. The summed E-state index contributed by atoms with van der Waals surface area (Å²) in [5.41, 5.74) is 3.64. The molecule has 31 heavy (non-hydrogen) atoms. The third kappa shape index (κ3) is 4.62. The predicted octanol–water partition coefficient (Wildman–Crippen LogP) is 4.90. The Bertz CT molecular complexity index is 1230. The summed E-state index contributed by atoms with van der Waals surface area (Å²) in [5, 5.41) is 13.1. The van der Waals surface area contributed by atoms with Gasteiger partial charge in [0.15, 0.2) is 11.5 Å². The normalized spacial score (nSPS) is 11.5. The van der Waals surface area contributed by atoms with Crippen LogP contribution in [-0.4, -0.2) is 28.1 Å². The monoisotopic (exact) mass is 477 g/mol. The molecule has 1 amide bonds. The van der Waals surface area contributed by atoms with Gasteiger partial charge in [-0.05, 0) is 57.4 Å². The van der Waals surface area contributed by atoms with Crippen molar-refractivity contribution in [3.8, 4) is 11.5 Å². The van der Waals surface area contributed by atoms with Crippen LogP contribution in [0.1, 0.15) is 17.0 Å². The summed E-state index contributed by atoms with van der Waals surface area (Å²) in [6.07, 6.45) is 1.71. The van der Waals surface area contributed by atoms with Crippen LogP contribution in [-0.2, 0) is 11.3 Å². The lowest BCUT2D eigenvalue weighted by Crippen LogP contribution is -2.24. The zero-order valence-corrected chi connectivity index (χ0v) is 18.3. The van der Waals surface area contributed by atoms with E-state index in [0.717, 1.165) is 16.6 Å². The minimum atomic E-state index is -0.272. The lowest BCUT2D eigenvalue weighted by molar-refractivity contribution is -0.115. The summed E-state index contributed by atoms with van der Waals surface area (Å²) in [6.45, 7) is 0.389. The van der Waals surface area contributed by atoms with Gasteiger partial charge in [0.05, 0.1) is 28.2 Å². The van der Waals surface area contributed by atoms with Crippen molar-refractivity contribution in [2.24, 2.45) is 0 Å². The summed E-state index contributed by atoms with van der Waals surface area (Å²) < 4.78 is 5.70. The molecular formula is C24H20BrN3O3. The van der Waals surface area contributed by atoms with E-state index in [4.69, 9.17) is 4.74 Å². The molecule has 3 aromatic carbocycles. The van der Waals surface area contributed by atoms with Gasteiger partial charge in [0, 0.05) is 6.54 Å². The molecule has 0 unspecified atom stereocenters. The number of hydrogen-bond acceptors (Lipinski definition) is 4. The highest BCUT2D eigenvalue weighted by Gasteiger charge is 2.17. The molecule has 4 rings (SSSR count). The maximum absolute atomic E-state index is 13.2. The van der Waals surface area contributed by atoms with Gasteiger partial charge in [0.25, 0.3) is 5.91 Å². The van der Waals surface area contributed by atoms with E-state index in [1.165, 1.54) is 7.11 Å². The summed E-state index contributed by atoms with van der Waals surface area (Å²) in [7, 11) is 1.47. The summed E-state index contributed by atoms with van der Waals surface area (Å²) in [5.74, 6) is 0.480. The molecular weight excluding hydrogens is 458 g/mol. The molecule has 0 saturated heterocycles. The molecule has 0 bridgehead atoms. The molecule has 0 aliphatic heterocycles. The minimum Gasteiger partial charge on any atom is -0.503 e. The number of para-hydroxylation sites is 2. The van der Waals surface area contributed by atoms with Gasteiger partial charge in [0.1, 0.15) is 5.82 Å². The van der Waals surface area contributed by atoms with E-state index in [1.807, 2.05) is 54.6 Å². The maximum atomic E-state index is 13.2. The number of aromatic nitrogens is 2. The highest BCUT2D eigenvalue weighted by molar-refractivity contribution is 9.10. The van der Waals surface area contributed by atoms with Crippen LogP contribution in [0.4, 0.5) is 0 Å². The van der Waals surface area contributed by atoms with Gasteiger partial charge in [-0.3, -0.25) is 4.79 Å². The van der Waals surface area contributed by atoms with Crippen molar-refractivity contribution in [2.45, 2.75) is 6.54 Å². The Hall–Kier alpha value is -3.58. The fourth-order valence-corrected chi connectivity index (χ4v) is 3.65. The number of rotatable bonds is 6. The quantitative estimate of drug-likeness (QED) is 0.344. The van der Waals surface area contributed by atoms with E-state index in [0.29, 0.717) is 33.7 Å². The molecule has 0 atom stereocenters. The lowest BCUT2D eigenvalue weighted by Gasteiger charge is -2.10. The van der Waals surface area contributed by atoms with Crippen LogP contribution in [0.2, 0.25) is 0 Å². The fourth-order valence-electron chi connectivity index (χ4n) is 3.19. The first-order valence-corrected chi connectivity index (χ1v) is 10.4. The number of carbonyl (C=O) groups is 1. The van der Waals surface area contributed by atoms with Crippen LogP contribution in [0.3, 0.4) is 0 Å². The summed E-state index contributed by atoms with van der Waals surface area (Å²) in [4.78, 5) is 21.0. The minimum absolute atomic E-state index is 0.00142. The van der Waals surface area contributed by atoms with Gasteiger partial charge in [-0.2, -0.15) is 0 Å². The second-order valence-corrected chi connectivity index (χ2v) is 7.74. The van der Waals surface area contributed by atoms with Crippen molar-refractivity contribution in [1.82, 2.24) is 15.3 Å². The number of amides is 1. The Morgan fingerprint density at radius 1 is 1.16 bits per heavy atom. The number of ether oxygens (including phenoxy) is 1. The van der Waals surface area contributed by atoms with Crippen molar-refractivity contribution in [2.75, 3.05) is 7.11 Å². The zero-order chi connectivity index (χ0) is 21.8. The van der Waals surface area contributed by atoms with Crippen LogP contribution >= 0.6 is 15.9 Å². The predicted molar refractivity (Wildman–Crippen MR) is 125 cm³/mol. The van der Waals surface area contributed by atoms with Crippen LogP contribution in [0.25, 0.3) is 22.7 Å². The third-order valence-electron chi connectivity index (χ3n) is 4.77. The van der Waals surface area contributed by atoms with Crippen molar-refractivity contribution >= 4 is 44.5 Å². The number of aromatic hydroxyl groups is 1. The number of halogens is 1. The molecule has 0 spiro atoms. The van der Waals surface area contributed by atoms with Crippen LogP contribution in [0, 0.1) is 0 Å². The first-order valence-electron chi connectivity index (χ1n) is 9.60. The maximum Gasteiger partial charge on any atom is 0.255 e. The molecule has 0 saturated carbocycles. The van der Waals surface area contributed by atoms with Gasteiger partial charge in [-0.25, -0.2) is 4.98 Å². The Labute approximate surface area is 187 Å². The molecule has 1 heterocycles. The molecule has 0 aliphatic rings. The highest BCUT2D eigenvalue weighted by Crippen LogP contribution is 2.36. The van der Waals surface area contributed by atoms with Crippen LogP contribution in [0.15, 0.2) is 71.2 Å². The molecule has 7 heteroatoms. The number of H-pyrrole nitrogens is 1. The second kappa shape index (κ2) is 9.06. The molecule has 4 aromatic rings. The van der Waals surface area contributed by atoms with E-state index in [9.17, 15) is 9.90 Å². The van der Waals surface area contributed by atoms with E-state index >= 15 is 0 Å². The van der Waals surface area contributed by atoms with Gasteiger partial charge >= 0.3 is 0 Å². The highest BCUT2D eigenvalue weighted by atomic mass is 79.9. The number of imidazole rings is 1. The van der Waals surface area contributed by atoms with E-state index in [2.05, 4.69) is 31.2 Å². The van der Waals surface area contributed by atoms with Crippen LogP contribution < -0.4 is 10.1 Å². The number of aromatic amines is 1. The van der Waals surface area contributed by atoms with Gasteiger partial charge < -0.3 is 20.1 Å². The molecule has 156 valence electrons. The Morgan fingerprint density at radius 3 is 2.65 bits per heavy atom. The largest absolute Gasteiger partial charge is 0.503 e. The zero-order valence-electron chi connectivity index (χ0n) is 16.7. The number of phenols is 1. The lowest BCUT2D eigenvalue weighted by atomic mass is 10.1.